The van der Waals surface area contributed by atoms with Crippen LogP contribution < -0.4 is 0 Å². The van der Waals surface area contributed by atoms with Crippen LogP contribution in [0.5, 0.6) is 0 Å². The molecular formula is C12H18N2O4S. The number of rotatable bonds is 3. The Bertz CT molecular complexity index is 571. The molecule has 0 N–H and O–H groups in total. The van der Waals surface area contributed by atoms with E-state index in [4.69, 9.17) is 4.52 Å². The van der Waals surface area contributed by atoms with Gasteiger partial charge < -0.3 is 4.52 Å². The summed E-state index contributed by atoms with van der Waals surface area (Å²) in [5.41, 5.74) is 0.338. The van der Waals surface area contributed by atoms with Crippen LogP contribution in [0.1, 0.15) is 37.6 Å². The van der Waals surface area contributed by atoms with Crippen molar-refractivity contribution < 1.29 is 17.7 Å². The molecule has 1 unspecified atom stereocenters. The summed E-state index contributed by atoms with van der Waals surface area (Å²) in [5, 5.41) is 3.68. The summed E-state index contributed by atoms with van der Waals surface area (Å²) in [6.07, 6.45) is 2.22. The summed E-state index contributed by atoms with van der Waals surface area (Å²) in [6, 6.07) is -0.563. The molecule has 106 valence electrons. The minimum Gasteiger partial charge on any atom is -0.360 e. The van der Waals surface area contributed by atoms with Crippen molar-refractivity contribution in [1.82, 2.24) is 9.46 Å². The molecule has 1 fully saturated rings. The van der Waals surface area contributed by atoms with Gasteiger partial charge in [0.05, 0.1) is 6.04 Å². The maximum atomic E-state index is 12.7. The van der Waals surface area contributed by atoms with Crippen LogP contribution in [0.2, 0.25) is 0 Å². The van der Waals surface area contributed by atoms with Crippen LogP contribution in [-0.4, -0.2) is 36.2 Å². The van der Waals surface area contributed by atoms with E-state index in [9.17, 15) is 13.2 Å². The first-order valence-corrected chi connectivity index (χ1v) is 7.75. The highest BCUT2D eigenvalue weighted by molar-refractivity contribution is 7.89. The number of aryl methyl sites for hydroxylation is 2. The van der Waals surface area contributed by atoms with Crippen LogP contribution in [0.3, 0.4) is 0 Å². The molecule has 2 rings (SSSR count). The van der Waals surface area contributed by atoms with Gasteiger partial charge >= 0.3 is 0 Å². The van der Waals surface area contributed by atoms with E-state index in [2.05, 4.69) is 5.16 Å². The predicted molar refractivity (Wildman–Crippen MR) is 68.2 cm³/mol. The molecule has 2 heterocycles. The maximum absolute atomic E-state index is 12.7. The Balaban J connectivity index is 2.46. The highest BCUT2D eigenvalue weighted by atomic mass is 32.2. The number of sulfonamides is 1. The molecule has 7 heteroatoms. The normalized spacial score (nSPS) is 21.5. The molecule has 1 aliphatic rings. The maximum Gasteiger partial charge on any atom is 0.249 e. The largest absolute Gasteiger partial charge is 0.360 e. The van der Waals surface area contributed by atoms with E-state index in [1.54, 1.807) is 13.8 Å². The summed E-state index contributed by atoms with van der Waals surface area (Å²) in [4.78, 5) is 11.7. The molecule has 1 aliphatic heterocycles. The second-order valence-corrected chi connectivity index (χ2v) is 6.72. The summed E-state index contributed by atoms with van der Waals surface area (Å²) in [5.74, 6) is 0.153. The fourth-order valence-electron chi connectivity index (χ4n) is 2.56. The molecule has 19 heavy (non-hydrogen) atoms. The Labute approximate surface area is 112 Å². The lowest BCUT2D eigenvalue weighted by atomic mass is 10.0. The van der Waals surface area contributed by atoms with Crippen molar-refractivity contribution in [3.63, 3.8) is 0 Å². The second-order valence-electron chi connectivity index (χ2n) is 4.89. The van der Waals surface area contributed by atoms with Crippen LogP contribution in [-0.2, 0) is 14.8 Å². The molecule has 0 radical (unpaired) electrons. The molecule has 0 aliphatic carbocycles. The van der Waals surface area contributed by atoms with Gasteiger partial charge in [0.2, 0.25) is 10.0 Å². The fourth-order valence-corrected chi connectivity index (χ4v) is 4.56. The number of nitrogens with zero attached hydrogens (tertiary/aromatic N) is 2. The third kappa shape index (κ3) is 2.44. The average Bonchev–Trinajstić information content (AvgIpc) is 2.69. The van der Waals surface area contributed by atoms with E-state index in [0.29, 0.717) is 18.7 Å². The molecule has 1 saturated heterocycles. The second kappa shape index (κ2) is 5.05. The number of piperidine rings is 1. The number of Topliss-reactive ketones (excluding diaryl/α,β-unsaturated/α-hetero) is 1. The van der Waals surface area contributed by atoms with E-state index < -0.39 is 16.1 Å². The van der Waals surface area contributed by atoms with Crippen molar-refractivity contribution in [2.45, 2.75) is 51.0 Å². The number of carbonyl (C=O) groups excluding carboxylic acids is 1. The van der Waals surface area contributed by atoms with Crippen LogP contribution >= 0.6 is 0 Å². The molecule has 0 saturated carbocycles. The molecule has 1 atom stereocenters. The molecule has 1 aromatic rings. The average molecular weight is 286 g/mol. The van der Waals surface area contributed by atoms with E-state index in [1.807, 2.05) is 0 Å². The first kappa shape index (κ1) is 14.2. The van der Waals surface area contributed by atoms with Crippen molar-refractivity contribution >= 4 is 15.8 Å². The van der Waals surface area contributed by atoms with Gasteiger partial charge in [-0.25, -0.2) is 8.42 Å². The van der Waals surface area contributed by atoms with Gasteiger partial charge in [0, 0.05) is 6.54 Å². The SMILES string of the molecule is CC(=O)C1CCCCN1S(=O)(=O)c1c(C)noc1C. The Hall–Kier alpha value is -1.21. The molecule has 0 amide bonds. The highest BCUT2D eigenvalue weighted by Crippen LogP contribution is 2.29. The van der Waals surface area contributed by atoms with Gasteiger partial charge in [0.1, 0.15) is 16.4 Å². The van der Waals surface area contributed by atoms with Gasteiger partial charge in [-0.15, -0.1) is 0 Å². The van der Waals surface area contributed by atoms with Gasteiger partial charge in [0.25, 0.3) is 0 Å². The summed E-state index contributed by atoms with van der Waals surface area (Å²) in [7, 11) is -3.72. The number of ketones is 1. The van der Waals surface area contributed by atoms with Crippen LogP contribution in [0, 0.1) is 13.8 Å². The molecule has 0 spiro atoms. The lowest BCUT2D eigenvalue weighted by Gasteiger charge is -2.32. The lowest BCUT2D eigenvalue weighted by Crippen LogP contribution is -2.47. The molecule has 0 bridgehead atoms. The van der Waals surface area contributed by atoms with Gasteiger partial charge in [-0.2, -0.15) is 4.31 Å². The standard InChI is InChI=1S/C12H18N2O4S/c1-8-12(10(3)18-13-8)19(16,17)14-7-5-4-6-11(14)9(2)15/h11H,4-7H2,1-3H3. The lowest BCUT2D eigenvalue weighted by molar-refractivity contribution is -0.121. The van der Waals surface area contributed by atoms with Crippen molar-refractivity contribution in [3.8, 4) is 0 Å². The highest BCUT2D eigenvalue weighted by Gasteiger charge is 2.38. The van der Waals surface area contributed by atoms with Crippen molar-refractivity contribution in [3.05, 3.63) is 11.5 Å². The Morgan fingerprint density at radius 2 is 2.05 bits per heavy atom. The Morgan fingerprint density at radius 3 is 2.58 bits per heavy atom. The summed E-state index contributed by atoms with van der Waals surface area (Å²) >= 11 is 0. The van der Waals surface area contributed by atoms with Crippen LogP contribution in [0.4, 0.5) is 0 Å². The minimum atomic E-state index is -3.72. The quantitative estimate of drug-likeness (QED) is 0.839. The van der Waals surface area contributed by atoms with E-state index in [-0.39, 0.29) is 16.4 Å². The first-order chi connectivity index (χ1) is 8.85. The Kier molecular flexibility index (Phi) is 3.78. The van der Waals surface area contributed by atoms with Gasteiger partial charge in [-0.3, -0.25) is 4.79 Å². The van der Waals surface area contributed by atoms with E-state index >= 15 is 0 Å². The minimum absolute atomic E-state index is 0.0978. The number of aromatic nitrogens is 1. The smallest absolute Gasteiger partial charge is 0.249 e. The molecule has 0 aromatic carbocycles. The monoisotopic (exact) mass is 286 g/mol. The number of carbonyl (C=O) groups is 1. The topological polar surface area (TPSA) is 80.5 Å². The summed E-state index contributed by atoms with van der Waals surface area (Å²) in [6.45, 7) is 4.97. The van der Waals surface area contributed by atoms with Crippen molar-refractivity contribution in [2.24, 2.45) is 0 Å². The third-order valence-electron chi connectivity index (χ3n) is 3.46. The molecule has 1 aromatic heterocycles. The molecule has 6 nitrogen and oxygen atoms in total. The van der Waals surface area contributed by atoms with Crippen LogP contribution in [0.15, 0.2) is 9.42 Å². The van der Waals surface area contributed by atoms with Crippen molar-refractivity contribution in [1.29, 1.82) is 0 Å². The van der Waals surface area contributed by atoms with E-state index in [0.717, 1.165) is 12.8 Å². The zero-order chi connectivity index (χ0) is 14.2. The Morgan fingerprint density at radius 1 is 1.37 bits per heavy atom. The third-order valence-corrected chi connectivity index (χ3v) is 5.61. The zero-order valence-electron chi connectivity index (χ0n) is 11.3. The first-order valence-electron chi connectivity index (χ1n) is 6.31. The molecular weight excluding hydrogens is 268 g/mol. The van der Waals surface area contributed by atoms with Gasteiger partial charge in [0.15, 0.2) is 5.76 Å². The number of hydrogen-bond acceptors (Lipinski definition) is 5. The zero-order valence-corrected chi connectivity index (χ0v) is 12.2. The van der Waals surface area contributed by atoms with Crippen LogP contribution in [0.25, 0.3) is 0 Å². The van der Waals surface area contributed by atoms with E-state index in [1.165, 1.54) is 11.2 Å². The van der Waals surface area contributed by atoms with Crippen molar-refractivity contribution in [2.75, 3.05) is 6.54 Å². The fraction of sp³-hybridized carbons (Fsp3) is 0.667. The summed E-state index contributed by atoms with van der Waals surface area (Å²) < 4.78 is 31.6. The number of hydrogen-bond donors (Lipinski definition) is 0. The van der Waals surface area contributed by atoms with Gasteiger partial charge in [-0.1, -0.05) is 11.6 Å². The predicted octanol–water partition coefficient (Wildman–Crippen LogP) is 1.42. The van der Waals surface area contributed by atoms with Gasteiger partial charge in [-0.05, 0) is 33.6 Å².